The number of nitrogens with zero attached hydrogens (tertiary/aromatic N) is 2. The summed E-state index contributed by atoms with van der Waals surface area (Å²) in [7, 11) is 0. The van der Waals surface area contributed by atoms with Crippen molar-refractivity contribution >= 4 is 22.5 Å². The molecule has 0 amide bonds. The van der Waals surface area contributed by atoms with Gasteiger partial charge in [0.15, 0.2) is 0 Å². The Kier molecular flexibility index (Phi) is 4.85. The van der Waals surface area contributed by atoms with Crippen LogP contribution in [0.3, 0.4) is 0 Å². The van der Waals surface area contributed by atoms with E-state index in [2.05, 4.69) is 34.7 Å². The van der Waals surface area contributed by atoms with E-state index in [9.17, 15) is 4.79 Å². The van der Waals surface area contributed by atoms with Gasteiger partial charge in [-0.2, -0.15) is 5.10 Å². The summed E-state index contributed by atoms with van der Waals surface area (Å²) in [5.41, 5.74) is 1.36. The Morgan fingerprint density at radius 2 is 2.00 bits per heavy atom. The third-order valence-electron chi connectivity index (χ3n) is 4.67. The summed E-state index contributed by atoms with van der Waals surface area (Å²) in [6.45, 7) is 1.31. The lowest BCUT2D eigenvalue weighted by Gasteiger charge is -2.19. The van der Waals surface area contributed by atoms with E-state index in [1.807, 2.05) is 36.0 Å². The second-order valence-electron chi connectivity index (χ2n) is 6.30. The first-order valence-corrected chi connectivity index (χ1v) is 9.71. The molecule has 0 bridgehead atoms. The van der Waals surface area contributed by atoms with Crippen molar-refractivity contribution in [2.45, 2.75) is 30.3 Å². The van der Waals surface area contributed by atoms with E-state index in [1.165, 1.54) is 22.6 Å². The number of benzene rings is 2. The van der Waals surface area contributed by atoms with Gasteiger partial charge in [-0.05, 0) is 36.3 Å². The molecule has 0 saturated carbocycles. The smallest absolute Gasteiger partial charge is 0.274 e. The zero-order chi connectivity index (χ0) is 17.1. The van der Waals surface area contributed by atoms with E-state index < -0.39 is 0 Å². The average Bonchev–Trinajstić information content (AvgIpc) is 2.86. The molecule has 0 radical (unpaired) electrons. The Balaban J connectivity index is 1.48. The second kappa shape index (κ2) is 7.42. The number of thioether (sulfide) groups is 1. The molecule has 2 aromatic carbocycles. The van der Waals surface area contributed by atoms with Crippen LogP contribution in [0.25, 0.3) is 10.8 Å². The molecule has 1 unspecified atom stereocenters. The molecule has 1 aliphatic rings. The minimum Gasteiger partial charge on any atom is -0.308 e. The Morgan fingerprint density at radius 3 is 2.96 bits per heavy atom. The van der Waals surface area contributed by atoms with Gasteiger partial charge in [0, 0.05) is 22.9 Å². The summed E-state index contributed by atoms with van der Waals surface area (Å²) >= 11 is 1.94. The van der Waals surface area contributed by atoms with Crippen LogP contribution in [0.15, 0.2) is 64.4 Å². The van der Waals surface area contributed by atoms with Gasteiger partial charge in [0.1, 0.15) is 0 Å². The number of hydrogen-bond acceptors (Lipinski definition) is 4. The topological polar surface area (TPSA) is 46.9 Å². The minimum absolute atomic E-state index is 0.0169. The summed E-state index contributed by atoms with van der Waals surface area (Å²) in [5.74, 6) is 1.17. The fourth-order valence-corrected chi connectivity index (χ4v) is 4.45. The monoisotopic (exact) mass is 351 g/mol. The van der Waals surface area contributed by atoms with Crippen LogP contribution >= 0.6 is 11.8 Å². The van der Waals surface area contributed by atoms with Crippen LogP contribution < -0.4 is 10.9 Å². The maximum absolute atomic E-state index is 12.5. The Hall–Kier alpha value is -2.11. The zero-order valence-corrected chi connectivity index (χ0v) is 14.8. The fourth-order valence-electron chi connectivity index (χ4n) is 3.37. The number of rotatable bonds is 4. The molecule has 0 saturated heterocycles. The van der Waals surface area contributed by atoms with Gasteiger partial charge in [-0.1, -0.05) is 36.4 Å². The van der Waals surface area contributed by atoms with Gasteiger partial charge in [-0.3, -0.25) is 4.79 Å². The van der Waals surface area contributed by atoms with Crippen molar-refractivity contribution in [2.75, 3.05) is 12.3 Å². The maximum atomic E-state index is 12.5. The van der Waals surface area contributed by atoms with Crippen LogP contribution in [0.5, 0.6) is 0 Å². The Bertz CT molecular complexity index is 937. The molecule has 1 N–H and O–H groups in total. The lowest BCUT2D eigenvalue weighted by molar-refractivity contribution is 0.454. The van der Waals surface area contributed by atoms with Gasteiger partial charge in [-0.15, -0.1) is 11.8 Å². The van der Waals surface area contributed by atoms with E-state index in [0.717, 1.165) is 23.7 Å². The fraction of sp³-hybridized carbons (Fsp3) is 0.300. The van der Waals surface area contributed by atoms with Crippen molar-refractivity contribution < 1.29 is 0 Å². The SMILES string of the molecule is O=c1c2ccccc2cnn1CCNC1CCCSc2ccccc21. The first-order chi connectivity index (χ1) is 12.3. The first kappa shape index (κ1) is 16.4. The summed E-state index contributed by atoms with van der Waals surface area (Å²) < 4.78 is 1.56. The summed E-state index contributed by atoms with van der Waals surface area (Å²) in [4.78, 5) is 13.9. The van der Waals surface area contributed by atoms with Gasteiger partial charge in [0.05, 0.1) is 18.1 Å². The third kappa shape index (κ3) is 3.48. The molecule has 1 atom stereocenters. The quantitative estimate of drug-likeness (QED) is 0.780. The van der Waals surface area contributed by atoms with Crippen LogP contribution in [-0.4, -0.2) is 22.1 Å². The molecule has 0 fully saturated rings. The van der Waals surface area contributed by atoms with Crippen molar-refractivity contribution in [3.63, 3.8) is 0 Å². The van der Waals surface area contributed by atoms with Crippen molar-refractivity contribution in [3.8, 4) is 0 Å². The summed E-state index contributed by atoms with van der Waals surface area (Å²) in [6.07, 6.45) is 4.10. The van der Waals surface area contributed by atoms with E-state index >= 15 is 0 Å². The predicted octanol–water partition coefficient (Wildman–Crippen LogP) is 3.61. The minimum atomic E-state index is -0.0169. The molecule has 1 aliphatic heterocycles. The van der Waals surface area contributed by atoms with Gasteiger partial charge in [0.2, 0.25) is 0 Å². The van der Waals surface area contributed by atoms with Crippen LogP contribution in [0.2, 0.25) is 0 Å². The lowest BCUT2D eigenvalue weighted by atomic mass is 10.0. The van der Waals surface area contributed by atoms with E-state index in [1.54, 1.807) is 10.9 Å². The van der Waals surface area contributed by atoms with Crippen LogP contribution in [-0.2, 0) is 6.54 Å². The van der Waals surface area contributed by atoms with Gasteiger partial charge in [-0.25, -0.2) is 4.68 Å². The van der Waals surface area contributed by atoms with Gasteiger partial charge < -0.3 is 5.32 Å². The number of aromatic nitrogens is 2. The van der Waals surface area contributed by atoms with Crippen LogP contribution in [0, 0.1) is 0 Å². The zero-order valence-electron chi connectivity index (χ0n) is 14.0. The van der Waals surface area contributed by atoms with Gasteiger partial charge >= 0.3 is 0 Å². The lowest BCUT2D eigenvalue weighted by Crippen LogP contribution is -2.31. The van der Waals surface area contributed by atoms with Crippen molar-refractivity contribution in [1.82, 2.24) is 15.1 Å². The van der Waals surface area contributed by atoms with Crippen molar-refractivity contribution in [3.05, 3.63) is 70.6 Å². The Morgan fingerprint density at radius 1 is 1.16 bits per heavy atom. The highest BCUT2D eigenvalue weighted by molar-refractivity contribution is 7.99. The normalized spacial score (nSPS) is 17.2. The van der Waals surface area contributed by atoms with Crippen molar-refractivity contribution in [1.29, 1.82) is 0 Å². The molecule has 128 valence electrons. The molecule has 25 heavy (non-hydrogen) atoms. The molecule has 0 spiro atoms. The molecule has 5 heteroatoms. The molecule has 1 aromatic heterocycles. The van der Waals surface area contributed by atoms with E-state index in [-0.39, 0.29) is 5.56 Å². The molecule has 4 rings (SSSR count). The molecule has 0 aliphatic carbocycles. The van der Waals surface area contributed by atoms with E-state index in [0.29, 0.717) is 12.6 Å². The number of hydrogen-bond donors (Lipinski definition) is 1. The second-order valence-corrected chi connectivity index (χ2v) is 7.43. The molecule has 3 aromatic rings. The highest BCUT2D eigenvalue weighted by Crippen LogP contribution is 2.34. The highest BCUT2D eigenvalue weighted by atomic mass is 32.2. The molecular weight excluding hydrogens is 330 g/mol. The first-order valence-electron chi connectivity index (χ1n) is 8.73. The molecular formula is C20H21N3OS. The highest BCUT2D eigenvalue weighted by Gasteiger charge is 2.18. The average molecular weight is 351 g/mol. The summed E-state index contributed by atoms with van der Waals surface area (Å²) in [5, 5.41) is 9.57. The van der Waals surface area contributed by atoms with Gasteiger partial charge in [0.25, 0.3) is 5.56 Å². The molecule has 2 heterocycles. The maximum Gasteiger partial charge on any atom is 0.274 e. The largest absolute Gasteiger partial charge is 0.308 e. The number of fused-ring (bicyclic) bond motifs is 2. The van der Waals surface area contributed by atoms with E-state index in [4.69, 9.17) is 0 Å². The molecule has 4 nitrogen and oxygen atoms in total. The standard InChI is InChI=1S/C20H21N3OS/c24-20-16-7-2-1-6-15(16)14-22-23(20)12-11-21-18-9-5-13-25-19-10-4-3-8-17(18)19/h1-4,6-8,10,14,18,21H,5,9,11-13H2. The third-order valence-corrected chi connectivity index (χ3v) is 5.84. The van der Waals surface area contributed by atoms with Crippen molar-refractivity contribution in [2.24, 2.45) is 0 Å². The van der Waals surface area contributed by atoms with Crippen LogP contribution in [0.1, 0.15) is 24.4 Å². The summed E-state index contributed by atoms with van der Waals surface area (Å²) in [6, 6.07) is 16.6. The predicted molar refractivity (Wildman–Crippen MR) is 103 cm³/mol. The number of nitrogens with one attached hydrogen (secondary N) is 1. The van der Waals surface area contributed by atoms with Crippen LogP contribution in [0.4, 0.5) is 0 Å². The Labute approximate surface area is 151 Å².